The Bertz CT molecular complexity index is 539. The summed E-state index contributed by atoms with van der Waals surface area (Å²) >= 11 is 6.15. The van der Waals surface area contributed by atoms with Gasteiger partial charge in [0.05, 0.1) is 0 Å². The number of nitrogens with one attached hydrogen (secondary N) is 1. The Labute approximate surface area is 116 Å². The van der Waals surface area contributed by atoms with E-state index in [4.69, 9.17) is 11.6 Å². The molecule has 0 fully saturated rings. The fraction of sp³-hybridized carbons (Fsp3) is 0.273. The SMILES string of the molecule is FC(F)(F)c1nnc(NCc2ccc(CCl)cc2)s1. The van der Waals surface area contributed by atoms with Crippen LogP contribution >= 0.6 is 22.9 Å². The van der Waals surface area contributed by atoms with Crippen molar-refractivity contribution in [2.24, 2.45) is 0 Å². The molecule has 0 amide bonds. The van der Waals surface area contributed by atoms with Gasteiger partial charge in [-0.25, -0.2) is 0 Å². The molecule has 102 valence electrons. The fourth-order valence-electron chi connectivity index (χ4n) is 1.33. The number of halogens is 4. The molecule has 1 aromatic heterocycles. The molecule has 1 N–H and O–H groups in total. The third-order valence-electron chi connectivity index (χ3n) is 2.29. The van der Waals surface area contributed by atoms with Crippen LogP contribution in [0.3, 0.4) is 0 Å². The highest BCUT2D eigenvalue weighted by molar-refractivity contribution is 7.15. The van der Waals surface area contributed by atoms with Gasteiger partial charge in [0.25, 0.3) is 0 Å². The van der Waals surface area contributed by atoms with Gasteiger partial charge in [-0.3, -0.25) is 0 Å². The second kappa shape index (κ2) is 5.75. The van der Waals surface area contributed by atoms with Gasteiger partial charge in [-0.05, 0) is 11.1 Å². The summed E-state index contributed by atoms with van der Waals surface area (Å²) in [5.74, 6) is 0.430. The monoisotopic (exact) mass is 307 g/mol. The number of hydrogen-bond acceptors (Lipinski definition) is 4. The number of anilines is 1. The molecule has 19 heavy (non-hydrogen) atoms. The topological polar surface area (TPSA) is 37.8 Å². The standard InChI is InChI=1S/C11H9ClF3N3S/c12-5-7-1-3-8(4-2-7)6-16-10-18-17-9(19-10)11(13,14)15/h1-4H,5-6H2,(H,16,18). The van der Waals surface area contributed by atoms with Crippen LogP contribution in [-0.2, 0) is 18.6 Å². The summed E-state index contributed by atoms with van der Waals surface area (Å²) in [6.45, 7) is 0.384. The van der Waals surface area contributed by atoms with Crippen molar-refractivity contribution in [2.75, 3.05) is 5.32 Å². The average molecular weight is 308 g/mol. The van der Waals surface area contributed by atoms with Gasteiger partial charge in [0.15, 0.2) is 0 Å². The van der Waals surface area contributed by atoms with E-state index in [1.165, 1.54) is 0 Å². The summed E-state index contributed by atoms with van der Waals surface area (Å²) in [7, 11) is 0. The van der Waals surface area contributed by atoms with Crippen LogP contribution in [0.1, 0.15) is 16.1 Å². The molecule has 8 heteroatoms. The van der Waals surface area contributed by atoms with E-state index in [0.717, 1.165) is 11.1 Å². The maximum absolute atomic E-state index is 12.3. The summed E-state index contributed by atoms with van der Waals surface area (Å²) < 4.78 is 36.9. The first kappa shape index (κ1) is 14.1. The van der Waals surface area contributed by atoms with Crippen LogP contribution in [0.15, 0.2) is 24.3 Å². The van der Waals surface area contributed by atoms with E-state index in [1.54, 1.807) is 0 Å². The van der Waals surface area contributed by atoms with Gasteiger partial charge in [-0.1, -0.05) is 35.6 Å². The van der Waals surface area contributed by atoms with E-state index in [9.17, 15) is 13.2 Å². The van der Waals surface area contributed by atoms with Crippen LogP contribution in [0.5, 0.6) is 0 Å². The predicted octanol–water partition coefficient (Wildman–Crippen LogP) is 3.91. The summed E-state index contributed by atoms with van der Waals surface area (Å²) in [5, 5.41) is 8.54. The van der Waals surface area contributed by atoms with E-state index in [2.05, 4.69) is 15.5 Å². The van der Waals surface area contributed by atoms with Gasteiger partial charge in [-0.15, -0.1) is 21.8 Å². The summed E-state index contributed by atoms with van der Waals surface area (Å²) in [6, 6.07) is 7.45. The molecule has 0 unspecified atom stereocenters. The lowest BCUT2D eigenvalue weighted by atomic mass is 10.1. The molecule has 0 atom stereocenters. The molecular weight excluding hydrogens is 299 g/mol. The molecule has 0 aliphatic heterocycles. The van der Waals surface area contributed by atoms with Gasteiger partial charge >= 0.3 is 6.18 Å². The highest BCUT2D eigenvalue weighted by Gasteiger charge is 2.35. The zero-order valence-corrected chi connectivity index (χ0v) is 11.1. The molecule has 0 aliphatic carbocycles. The van der Waals surface area contributed by atoms with Crippen LogP contribution < -0.4 is 5.32 Å². The van der Waals surface area contributed by atoms with Gasteiger partial charge in [0, 0.05) is 12.4 Å². The van der Waals surface area contributed by atoms with Crippen LogP contribution in [0.4, 0.5) is 18.3 Å². The summed E-state index contributed by atoms with van der Waals surface area (Å²) in [4.78, 5) is 0. The lowest BCUT2D eigenvalue weighted by Crippen LogP contribution is -2.03. The molecule has 0 saturated carbocycles. The molecule has 0 saturated heterocycles. The summed E-state index contributed by atoms with van der Waals surface area (Å²) in [5.41, 5.74) is 1.92. The Morgan fingerprint density at radius 3 is 2.26 bits per heavy atom. The number of nitrogens with zero attached hydrogens (tertiary/aromatic N) is 2. The van der Waals surface area contributed by atoms with Gasteiger partial charge in [-0.2, -0.15) is 13.2 Å². The minimum absolute atomic E-state index is 0.147. The Kier molecular flexibility index (Phi) is 4.26. The average Bonchev–Trinajstić information content (AvgIpc) is 2.86. The smallest absolute Gasteiger partial charge is 0.356 e. The number of rotatable bonds is 4. The van der Waals surface area contributed by atoms with Crippen LogP contribution in [-0.4, -0.2) is 10.2 Å². The Balaban J connectivity index is 1.96. The van der Waals surface area contributed by atoms with Crippen molar-refractivity contribution in [3.8, 4) is 0 Å². The van der Waals surface area contributed by atoms with Gasteiger partial charge in [0.2, 0.25) is 10.1 Å². The Morgan fingerprint density at radius 2 is 1.74 bits per heavy atom. The molecule has 1 heterocycles. The minimum atomic E-state index is -4.44. The van der Waals surface area contributed by atoms with Crippen LogP contribution in [0, 0.1) is 0 Å². The van der Waals surface area contributed by atoms with Crippen molar-refractivity contribution >= 4 is 28.1 Å². The number of aromatic nitrogens is 2. The van der Waals surface area contributed by atoms with Crippen molar-refractivity contribution in [2.45, 2.75) is 18.6 Å². The van der Waals surface area contributed by atoms with Gasteiger partial charge in [0.1, 0.15) is 0 Å². The zero-order valence-electron chi connectivity index (χ0n) is 9.54. The molecule has 2 aromatic rings. The van der Waals surface area contributed by atoms with E-state index in [0.29, 0.717) is 23.8 Å². The fourth-order valence-corrected chi connectivity index (χ4v) is 2.12. The first-order chi connectivity index (χ1) is 8.99. The van der Waals surface area contributed by atoms with Crippen molar-refractivity contribution in [1.82, 2.24) is 10.2 Å². The van der Waals surface area contributed by atoms with E-state index < -0.39 is 11.2 Å². The Hall–Kier alpha value is -1.34. The van der Waals surface area contributed by atoms with Crippen LogP contribution in [0.2, 0.25) is 0 Å². The molecule has 0 bridgehead atoms. The second-order valence-electron chi connectivity index (χ2n) is 3.71. The first-order valence-electron chi connectivity index (χ1n) is 5.27. The van der Waals surface area contributed by atoms with Crippen molar-refractivity contribution in [3.63, 3.8) is 0 Å². The second-order valence-corrected chi connectivity index (χ2v) is 4.96. The molecule has 0 radical (unpaired) electrons. The lowest BCUT2D eigenvalue weighted by molar-refractivity contribution is -0.138. The maximum atomic E-state index is 12.3. The number of alkyl halides is 4. The van der Waals surface area contributed by atoms with Crippen molar-refractivity contribution in [1.29, 1.82) is 0 Å². The number of benzene rings is 1. The molecule has 0 spiro atoms. The van der Waals surface area contributed by atoms with E-state index in [-0.39, 0.29) is 5.13 Å². The highest BCUT2D eigenvalue weighted by Crippen LogP contribution is 2.33. The molecule has 3 nitrogen and oxygen atoms in total. The quantitative estimate of drug-likeness (QED) is 0.870. The largest absolute Gasteiger partial charge is 0.445 e. The van der Waals surface area contributed by atoms with Crippen LogP contribution in [0.25, 0.3) is 0 Å². The van der Waals surface area contributed by atoms with Gasteiger partial charge < -0.3 is 5.32 Å². The summed E-state index contributed by atoms with van der Waals surface area (Å²) in [6.07, 6.45) is -4.44. The minimum Gasteiger partial charge on any atom is -0.356 e. The van der Waals surface area contributed by atoms with Crippen molar-refractivity contribution in [3.05, 3.63) is 40.4 Å². The lowest BCUT2D eigenvalue weighted by Gasteiger charge is -2.03. The molecule has 2 rings (SSSR count). The normalized spacial score (nSPS) is 11.6. The Morgan fingerprint density at radius 1 is 1.11 bits per heavy atom. The third kappa shape index (κ3) is 3.81. The first-order valence-corrected chi connectivity index (χ1v) is 6.62. The number of hydrogen-bond donors (Lipinski definition) is 1. The molecule has 1 aromatic carbocycles. The molecule has 0 aliphatic rings. The maximum Gasteiger partial charge on any atom is 0.445 e. The zero-order chi connectivity index (χ0) is 13.9. The highest BCUT2D eigenvalue weighted by atomic mass is 35.5. The van der Waals surface area contributed by atoms with Crippen molar-refractivity contribution < 1.29 is 13.2 Å². The van der Waals surface area contributed by atoms with E-state index >= 15 is 0 Å². The predicted molar refractivity (Wildman–Crippen MR) is 68.2 cm³/mol. The van der Waals surface area contributed by atoms with E-state index in [1.807, 2.05) is 24.3 Å². The third-order valence-corrected chi connectivity index (χ3v) is 3.52. The molecular formula is C11H9ClF3N3S.